The Labute approximate surface area is 176 Å². The van der Waals surface area contributed by atoms with Crippen molar-refractivity contribution in [2.24, 2.45) is 0 Å². The van der Waals surface area contributed by atoms with E-state index in [4.69, 9.17) is 0 Å². The van der Waals surface area contributed by atoms with Crippen molar-refractivity contribution in [3.8, 4) is 0 Å². The lowest BCUT2D eigenvalue weighted by Gasteiger charge is -2.30. The van der Waals surface area contributed by atoms with Crippen LogP contribution in [0.5, 0.6) is 0 Å². The molecule has 2 amide bonds. The van der Waals surface area contributed by atoms with Crippen LogP contribution in [0.2, 0.25) is 0 Å². The van der Waals surface area contributed by atoms with Crippen molar-refractivity contribution in [1.82, 2.24) is 14.5 Å². The number of nitrogens with zero attached hydrogens (tertiary/aromatic N) is 2. The van der Waals surface area contributed by atoms with Gasteiger partial charge in [0.05, 0.1) is 12.8 Å². The van der Waals surface area contributed by atoms with Gasteiger partial charge in [-0.2, -0.15) is 4.31 Å². The van der Waals surface area contributed by atoms with Gasteiger partial charge in [0.25, 0.3) is 0 Å². The van der Waals surface area contributed by atoms with E-state index in [-0.39, 0.29) is 19.0 Å². The van der Waals surface area contributed by atoms with E-state index in [1.54, 1.807) is 31.2 Å². The predicted molar refractivity (Wildman–Crippen MR) is 112 cm³/mol. The molecule has 1 N–H and O–H groups in total. The number of carbonyl (C=O) groups is 2. The summed E-state index contributed by atoms with van der Waals surface area (Å²) < 4.78 is 38.9. The van der Waals surface area contributed by atoms with Gasteiger partial charge in [0, 0.05) is 20.1 Å². The fourth-order valence-corrected chi connectivity index (χ4v) is 3.63. The number of benzene rings is 2. The summed E-state index contributed by atoms with van der Waals surface area (Å²) in [6.07, 6.45) is 1.04. The summed E-state index contributed by atoms with van der Waals surface area (Å²) in [5, 5.41) is 2.49. The van der Waals surface area contributed by atoms with Gasteiger partial charge in [0.15, 0.2) is 0 Å². The molecule has 0 bridgehead atoms. The van der Waals surface area contributed by atoms with Crippen LogP contribution in [0.15, 0.2) is 54.6 Å². The number of amides is 2. The maximum absolute atomic E-state index is 13.2. The van der Waals surface area contributed by atoms with Gasteiger partial charge in [-0.05, 0) is 30.2 Å². The van der Waals surface area contributed by atoms with Gasteiger partial charge in [0.2, 0.25) is 21.8 Å². The highest BCUT2D eigenvalue weighted by molar-refractivity contribution is 7.88. The quantitative estimate of drug-likeness (QED) is 0.650. The average molecular weight is 436 g/mol. The number of halogens is 1. The third-order valence-electron chi connectivity index (χ3n) is 4.66. The maximum atomic E-state index is 13.2. The number of carbonyl (C=O) groups excluding carboxylic acids is 2. The zero-order valence-corrected chi connectivity index (χ0v) is 18.0. The van der Waals surface area contributed by atoms with Crippen LogP contribution in [0.1, 0.15) is 18.1 Å². The summed E-state index contributed by atoms with van der Waals surface area (Å²) in [5.41, 5.74) is 1.36. The zero-order chi connectivity index (χ0) is 22.3. The molecule has 0 aliphatic rings. The van der Waals surface area contributed by atoms with Crippen molar-refractivity contribution < 1.29 is 22.4 Å². The van der Waals surface area contributed by atoms with Crippen LogP contribution in [0.25, 0.3) is 0 Å². The van der Waals surface area contributed by atoms with Gasteiger partial charge in [-0.15, -0.1) is 0 Å². The third-order valence-corrected chi connectivity index (χ3v) is 5.86. The first kappa shape index (κ1) is 23.5. The van der Waals surface area contributed by atoms with Crippen molar-refractivity contribution in [3.63, 3.8) is 0 Å². The molecule has 30 heavy (non-hydrogen) atoms. The van der Waals surface area contributed by atoms with E-state index < -0.39 is 34.3 Å². The minimum absolute atomic E-state index is 0.0319. The van der Waals surface area contributed by atoms with E-state index in [2.05, 4.69) is 5.32 Å². The highest BCUT2D eigenvalue weighted by atomic mass is 32.2. The van der Waals surface area contributed by atoms with Crippen LogP contribution in [-0.2, 0) is 32.7 Å². The fourth-order valence-electron chi connectivity index (χ4n) is 2.90. The highest BCUT2D eigenvalue weighted by Crippen LogP contribution is 2.14. The van der Waals surface area contributed by atoms with Crippen LogP contribution in [-0.4, -0.2) is 55.3 Å². The van der Waals surface area contributed by atoms with E-state index in [0.717, 1.165) is 16.1 Å². The monoisotopic (exact) mass is 435 g/mol. The van der Waals surface area contributed by atoms with Gasteiger partial charge in [0.1, 0.15) is 11.9 Å². The standard InChI is InChI=1S/C21H26FN3O4S/c1-16(21(27)23-2)25(14-18-9-11-19(22)12-10-18)20(26)15-24(30(3,28)29)13-17-7-5-4-6-8-17/h4-12,16H,13-15H2,1-3H3,(H,23,27). The van der Waals surface area contributed by atoms with Crippen molar-refractivity contribution >= 4 is 21.8 Å². The second-order valence-corrected chi connectivity index (χ2v) is 8.94. The first-order chi connectivity index (χ1) is 14.1. The third kappa shape index (κ3) is 6.64. The first-order valence-electron chi connectivity index (χ1n) is 9.36. The molecular formula is C21H26FN3O4S. The van der Waals surface area contributed by atoms with Gasteiger partial charge >= 0.3 is 0 Å². The van der Waals surface area contributed by atoms with Crippen LogP contribution < -0.4 is 5.32 Å². The number of sulfonamides is 1. The molecule has 1 unspecified atom stereocenters. The molecule has 0 aromatic heterocycles. The molecule has 9 heteroatoms. The molecule has 2 aromatic carbocycles. The molecule has 0 fully saturated rings. The van der Waals surface area contributed by atoms with Gasteiger partial charge in [-0.25, -0.2) is 12.8 Å². The summed E-state index contributed by atoms with van der Waals surface area (Å²) in [5.74, 6) is -1.33. The molecule has 0 aliphatic heterocycles. The molecule has 1 atom stereocenters. The lowest BCUT2D eigenvalue weighted by molar-refractivity contribution is -0.140. The summed E-state index contributed by atoms with van der Waals surface area (Å²) in [4.78, 5) is 26.6. The summed E-state index contributed by atoms with van der Waals surface area (Å²) >= 11 is 0. The largest absolute Gasteiger partial charge is 0.357 e. The molecule has 0 spiro atoms. The Morgan fingerprint density at radius 1 is 1.00 bits per heavy atom. The van der Waals surface area contributed by atoms with Crippen molar-refractivity contribution in [3.05, 3.63) is 71.5 Å². The average Bonchev–Trinajstić information content (AvgIpc) is 2.71. The second-order valence-electron chi connectivity index (χ2n) is 6.95. The molecule has 0 saturated heterocycles. The zero-order valence-electron chi connectivity index (χ0n) is 17.2. The molecule has 0 radical (unpaired) electrons. The minimum Gasteiger partial charge on any atom is -0.357 e. The van der Waals surface area contributed by atoms with E-state index >= 15 is 0 Å². The maximum Gasteiger partial charge on any atom is 0.242 e. The number of hydrogen-bond donors (Lipinski definition) is 1. The molecule has 0 aliphatic carbocycles. The van der Waals surface area contributed by atoms with Crippen LogP contribution in [0.4, 0.5) is 4.39 Å². The van der Waals surface area contributed by atoms with E-state index in [1.807, 2.05) is 6.07 Å². The second kappa shape index (κ2) is 10.3. The lowest BCUT2D eigenvalue weighted by atomic mass is 10.1. The minimum atomic E-state index is -3.69. The number of rotatable bonds is 9. The predicted octanol–water partition coefficient (Wildman–Crippen LogP) is 1.75. The van der Waals surface area contributed by atoms with E-state index in [0.29, 0.717) is 5.56 Å². The van der Waals surface area contributed by atoms with E-state index in [1.165, 1.54) is 36.2 Å². The topological polar surface area (TPSA) is 86.8 Å². The molecule has 0 heterocycles. The Morgan fingerprint density at radius 2 is 1.57 bits per heavy atom. The van der Waals surface area contributed by atoms with Crippen LogP contribution in [0.3, 0.4) is 0 Å². The van der Waals surface area contributed by atoms with Gasteiger partial charge in [-0.1, -0.05) is 42.5 Å². The molecule has 7 nitrogen and oxygen atoms in total. The van der Waals surface area contributed by atoms with Gasteiger partial charge in [-0.3, -0.25) is 9.59 Å². The van der Waals surface area contributed by atoms with E-state index in [9.17, 15) is 22.4 Å². The number of nitrogens with one attached hydrogen (secondary N) is 1. The van der Waals surface area contributed by atoms with Crippen molar-refractivity contribution in [1.29, 1.82) is 0 Å². The Hall–Kier alpha value is -2.78. The van der Waals surface area contributed by atoms with Crippen LogP contribution in [0, 0.1) is 5.82 Å². The smallest absolute Gasteiger partial charge is 0.242 e. The van der Waals surface area contributed by atoms with Crippen LogP contribution >= 0.6 is 0 Å². The first-order valence-corrected chi connectivity index (χ1v) is 11.2. The lowest BCUT2D eigenvalue weighted by Crippen LogP contribution is -2.50. The number of likely N-dealkylation sites (N-methyl/N-ethyl adjacent to an activating group) is 1. The molecule has 162 valence electrons. The summed E-state index contributed by atoms with van der Waals surface area (Å²) in [7, 11) is -2.23. The summed E-state index contributed by atoms with van der Waals surface area (Å²) in [6.45, 7) is 1.21. The number of hydrogen-bond acceptors (Lipinski definition) is 4. The Morgan fingerprint density at radius 3 is 2.10 bits per heavy atom. The Balaban J connectivity index is 2.27. The Kier molecular flexibility index (Phi) is 8.08. The fraction of sp³-hybridized carbons (Fsp3) is 0.333. The van der Waals surface area contributed by atoms with Gasteiger partial charge < -0.3 is 10.2 Å². The normalized spacial score (nSPS) is 12.4. The molecule has 2 rings (SSSR count). The Bertz CT molecular complexity index is 966. The molecular weight excluding hydrogens is 409 g/mol. The van der Waals surface area contributed by atoms with Crippen molar-refractivity contribution in [2.45, 2.75) is 26.1 Å². The highest BCUT2D eigenvalue weighted by Gasteiger charge is 2.29. The van der Waals surface area contributed by atoms with Crippen molar-refractivity contribution in [2.75, 3.05) is 19.8 Å². The molecule has 2 aromatic rings. The SMILES string of the molecule is CNC(=O)C(C)N(Cc1ccc(F)cc1)C(=O)CN(Cc1ccccc1)S(C)(=O)=O. The molecule has 0 saturated carbocycles. The summed E-state index contributed by atoms with van der Waals surface area (Å²) in [6, 6.07) is 13.6.